The molecule has 3 aromatic carbocycles. The fourth-order valence-corrected chi connectivity index (χ4v) is 2.58. The number of hydrogen-bond acceptors (Lipinski definition) is 3. The third kappa shape index (κ3) is 4.28. The zero-order valence-corrected chi connectivity index (χ0v) is 14.6. The predicted octanol–water partition coefficient (Wildman–Crippen LogP) is 3.52. The molecule has 3 aromatic rings. The van der Waals surface area contributed by atoms with Crippen molar-refractivity contribution in [3.63, 3.8) is 0 Å². The molecule has 0 bridgehead atoms. The Bertz CT molecular complexity index is 814. The van der Waals surface area contributed by atoms with Crippen LogP contribution in [-0.2, 0) is 9.59 Å². The zero-order chi connectivity index (χ0) is 17.5. The molecule has 0 saturated heterocycles. The lowest BCUT2D eigenvalue weighted by atomic mass is 10.0. The number of halogens is 1. The average molecular weight is 386 g/mol. The van der Waals surface area contributed by atoms with Crippen LogP contribution in [0, 0.1) is 0 Å². The van der Waals surface area contributed by atoms with Crippen molar-refractivity contribution >= 4 is 49.3 Å². The SMILES string of the molecule is CO.O=C1C=C(Br)C(=O)N1.c1ccc2cc3ccccc3cc2c1. The van der Waals surface area contributed by atoms with Crippen LogP contribution in [0.4, 0.5) is 0 Å². The van der Waals surface area contributed by atoms with Crippen molar-refractivity contribution in [3.05, 3.63) is 71.2 Å². The quantitative estimate of drug-likeness (QED) is 0.459. The highest BCUT2D eigenvalue weighted by atomic mass is 79.9. The van der Waals surface area contributed by atoms with Crippen LogP contribution in [0.3, 0.4) is 0 Å². The first kappa shape index (κ1) is 17.8. The van der Waals surface area contributed by atoms with Crippen molar-refractivity contribution in [3.8, 4) is 0 Å². The van der Waals surface area contributed by atoms with E-state index in [-0.39, 0.29) is 11.8 Å². The minimum Gasteiger partial charge on any atom is -0.400 e. The second-order valence-corrected chi connectivity index (χ2v) is 5.71. The zero-order valence-electron chi connectivity index (χ0n) is 13.0. The standard InChI is InChI=1S/C14H10.C4H2BrNO2.CH4O/c1-2-6-12-10-14-8-4-3-7-13(14)9-11(12)5-1;5-2-1-3(7)6-4(2)8;1-2/h1-10H;1H,(H,6,7,8);2H,1H3. The van der Waals surface area contributed by atoms with Gasteiger partial charge in [-0.25, -0.2) is 0 Å². The first-order chi connectivity index (χ1) is 11.6. The van der Waals surface area contributed by atoms with Gasteiger partial charge in [-0.1, -0.05) is 48.5 Å². The van der Waals surface area contributed by atoms with Gasteiger partial charge in [0.1, 0.15) is 0 Å². The molecule has 24 heavy (non-hydrogen) atoms. The summed E-state index contributed by atoms with van der Waals surface area (Å²) in [5.74, 6) is -0.725. The van der Waals surface area contributed by atoms with Crippen LogP contribution >= 0.6 is 15.9 Å². The van der Waals surface area contributed by atoms with Crippen LogP contribution in [0.1, 0.15) is 0 Å². The van der Waals surface area contributed by atoms with Crippen LogP contribution in [0.2, 0.25) is 0 Å². The Morgan fingerprint density at radius 1 is 0.792 bits per heavy atom. The van der Waals surface area contributed by atoms with Gasteiger partial charge >= 0.3 is 0 Å². The van der Waals surface area contributed by atoms with Crippen molar-refractivity contribution < 1.29 is 14.7 Å². The number of carbonyl (C=O) groups is 2. The summed E-state index contributed by atoms with van der Waals surface area (Å²) in [7, 11) is 1.00. The Kier molecular flexibility index (Phi) is 6.23. The van der Waals surface area contributed by atoms with Crippen molar-refractivity contribution in [2.75, 3.05) is 7.11 Å². The van der Waals surface area contributed by atoms with Crippen LogP contribution < -0.4 is 5.32 Å². The highest BCUT2D eigenvalue weighted by Crippen LogP contribution is 2.22. The molecular weight excluding hydrogens is 370 g/mol. The molecular formula is C19H16BrNO3. The van der Waals surface area contributed by atoms with Gasteiger partial charge in [0, 0.05) is 13.2 Å². The number of aliphatic hydroxyl groups is 1. The van der Waals surface area contributed by atoms with Gasteiger partial charge in [-0.05, 0) is 49.6 Å². The molecule has 0 spiro atoms. The normalized spacial score (nSPS) is 12.7. The van der Waals surface area contributed by atoms with Crippen LogP contribution in [0.25, 0.3) is 21.5 Å². The molecule has 1 aliphatic heterocycles. The van der Waals surface area contributed by atoms with E-state index in [1.54, 1.807) is 0 Å². The monoisotopic (exact) mass is 385 g/mol. The summed E-state index contributed by atoms with van der Waals surface area (Å²) in [5.41, 5.74) is 0. The maximum absolute atomic E-state index is 10.3. The van der Waals surface area contributed by atoms with E-state index in [2.05, 4.69) is 76.6 Å². The summed E-state index contributed by atoms with van der Waals surface area (Å²) in [5, 5.41) is 14.3. The Labute approximate surface area is 147 Å². The summed E-state index contributed by atoms with van der Waals surface area (Å²) >= 11 is 2.87. The average Bonchev–Trinajstić information content (AvgIpc) is 2.91. The number of aliphatic hydroxyl groups excluding tert-OH is 1. The van der Waals surface area contributed by atoms with Crippen LogP contribution in [-0.4, -0.2) is 24.0 Å². The van der Waals surface area contributed by atoms with E-state index < -0.39 is 0 Å². The fraction of sp³-hybridized carbons (Fsp3) is 0.0526. The number of imide groups is 1. The van der Waals surface area contributed by atoms with Gasteiger partial charge < -0.3 is 5.11 Å². The van der Waals surface area contributed by atoms with Crippen LogP contribution in [0.5, 0.6) is 0 Å². The van der Waals surface area contributed by atoms with E-state index in [9.17, 15) is 9.59 Å². The molecule has 0 unspecified atom stereocenters. The molecule has 5 heteroatoms. The predicted molar refractivity (Wildman–Crippen MR) is 99.8 cm³/mol. The van der Waals surface area contributed by atoms with E-state index in [1.165, 1.54) is 27.6 Å². The van der Waals surface area contributed by atoms with Gasteiger partial charge in [0.2, 0.25) is 0 Å². The maximum Gasteiger partial charge on any atom is 0.265 e. The maximum atomic E-state index is 10.3. The minimum atomic E-state index is -0.366. The lowest BCUT2D eigenvalue weighted by molar-refractivity contribution is -0.123. The lowest BCUT2D eigenvalue weighted by Gasteiger charge is -2.00. The fourth-order valence-electron chi connectivity index (χ4n) is 2.27. The number of fused-ring (bicyclic) bond motifs is 2. The summed E-state index contributed by atoms with van der Waals surface area (Å²) in [6.07, 6.45) is 1.20. The van der Waals surface area contributed by atoms with E-state index in [0.29, 0.717) is 4.48 Å². The summed E-state index contributed by atoms with van der Waals surface area (Å²) in [6, 6.07) is 21.4. The van der Waals surface area contributed by atoms with Crippen molar-refractivity contribution in [2.45, 2.75) is 0 Å². The summed E-state index contributed by atoms with van der Waals surface area (Å²) < 4.78 is 0.294. The first-order valence-electron chi connectivity index (χ1n) is 7.18. The molecule has 0 fully saturated rings. The van der Waals surface area contributed by atoms with Gasteiger partial charge in [-0.3, -0.25) is 14.9 Å². The van der Waals surface area contributed by atoms with E-state index in [1.807, 2.05) is 5.32 Å². The van der Waals surface area contributed by atoms with E-state index in [0.717, 1.165) is 7.11 Å². The smallest absolute Gasteiger partial charge is 0.265 e. The molecule has 2 N–H and O–H groups in total. The molecule has 2 amide bonds. The molecule has 0 aromatic heterocycles. The highest BCUT2D eigenvalue weighted by molar-refractivity contribution is 9.12. The highest BCUT2D eigenvalue weighted by Gasteiger charge is 2.16. The van der Waals surface area contributed by atoms with E-state index >= 15 is 0 Å². The third-order valence-electron chi connectivity index (χ3n) is 3.33. The van der Waals surface area contributed by atoms with Gasteiger partial charge in [-0.15, -0.1) is 0 Å². The van der Waals surface area contributed by atoms with Gasteiger partial charge in [0.05, 0.1) is 4.48 Å². The number of nitrogens with one attached hydrogen (secondary N) is 1. The molecule has 122 valence electrons. The van der Waals surface area contributed by atoms with Gasteiger partial charge in [-0.2, -0.15) is 0 Å². The number of amides is 2. The Balaban J connectivity index is 0.000000179. The number of carbonyl (C=O) groups excluding carboxylic acids is 2. The second kappa shape index (κ2) is 8.38. The largest absolute Gasteiger partial charge is 0.400 e. The molecule has 1 heterocycles. The second-order valence-electron chi connectivity index (χ2n) is 4.86. The van der Waals surface area contributed by atoms with Crippen LogP contribution in [0.15, 0.2) is 71.2 Å². The van der Waals surface area contributed by atoms with Gasteiger partial charge in [0.25, 0.3) is 11.8 Å². The van der Waals surface area contributed by atoms with Crippen molar-refractivity contribution in [1.82, 2.24) is 5.32 Å². The molecule has 4 rings (SSSR count). The molecule has 0 saturated carbocycles. The Hall–Kier alpha value is -2.50. The van der Waals surface area contributed by atoms with Crippen molar-refractivity contribution in [2.24, 2.45) is 0 Å². The topological polar surface area (TPSA) is 66.4 Å². The number of rotatable bonds is 0. The van der Waals surface area contributed by atoms with Crippen molar-refractivity contribution in [1.29, 1.82) is 0 Å². The molecule has 1 aliphatic rings. The number of benzene rings is 3. The Morgan fingerprint density at radius 3 is 1.38 bits per heavy atom. The third-order valence-corrected chi connectivity index (χ3v) is 3.91. The molecule has 0 radical (unpaired) electrons. The summed E-state index contributed by atoms with van der Waals surface area (Å²) in [4.78, 5) is 20.6. The number of hydrogen-bond donors (Lipinski definition) is 2. The van der Waals surface area contributed by atoms with Gasteiger partial charge in [0.15, 0.2) is 0 Å². The minimum absolute atomic E-state index is 0.294. The molecule has 0 aliphatic carbocycles. The Morgan fingerprint density at radius 2 is 1.17 bits per heavy atom. The molecule has 4 nitrogen and oxygen atoms in total. The summed E-state index contributed by atoms with van der Waals surface area (Å²) in [6.45, 7) is 0. The van der Waals surface area contributed by atoms with E-state index in [4.69, 9.17) is 5.11 Å². The first-order valence-corrected chi connectivity index (χ1v) is 7.97. The lowest BCUT2D eigenvalue weighted by Crippen LogP contribution is -2.21. The molecule has 0 atom stereocenters.